The van der Waals surface area contributed by atoms with Crippen LogP contribution >= 0.6 is 0 Å². The molecule has 4 nitrogen and oxygen atoms in total. The molecule has 1 N–H and O–H groups in total. The highest BCUT2D eigenvalue weighted by molar-refractivity contribution is 5.89. The minimum absolute atomic E-state index is 0.405. The van der Waals surface area contributed by atoms with Gasteiger partial charge >= 0.3 is 5.97 Å². The summed E-state index contributed by atoms with van der Waals surface area (Å²) in [6.45, 7) is 1.58. The molecule has 1 fully saturated rings. The number of methoxy groups -OCH3 is 1. The van der Waals surface area contributed by atoms with E-state index in [2.05, 4.69) is 22.6 Å². The zero-order valence-corrected chi connectivity index (χ0v) is 12.1. The molecule has 4 heteroatoms. The fraction of sp³-hybridized carbons (Fsp3) is 0.412. The first kappa shape index (κ1) is 15.1. The molecule has 0 spiro atoms. The molecule has 108 valence electrons. The van der Waals surface area contributed by atoms with E-state index < -0.39 is 17.0 Å². The zero-order valence-electron chi connectivity index (χ0n) is 12.1. The van der Waals surface area contributed by atoms with Gasteiger partial charge in [-0.05, 0) is 44.4 Å². The minimum Gasteiger partial charge on any atom is -0.465 e. The maximum Gasteiger partial charge on any atom is 0.337 e. The fourth-order valence-electron chi connectivity index (χ4n) is 2.39. The van der Waals surface area contributed by atoms with Gasteiger partial charge in [0.05, 0.1) is 24.2 Å². The molecule has 1 atom stereocenters. The summed E-state index contributed by atoms with van der Waals surface area (Å²) in [7, 11) is 1.32. The van der Waals surface area contributed by atoms with Crippen molar-refractivity contribution in [3.63, 3.8) is 0 Å². The molecule has 1 aromatic carbocycles. The van der Waals surface area contributed by atoms with Crippen LogP contribution in [0.15, 0.2) is 24.3 Å². The lowest BCUT2D eigenvalue weighted by atomic mass is 9.60. The number of hydrogen-bond donors (Lipinski definition) is 1. The highest BCUT2D eigenvalue weighted by Gasteiger charge is 2.51. The predicted octanol–water partition coefficient (Wildman–Crippen LogP) is 2.27. The number of nitrogens with zero attached hydrogens (tertiary/aromatic N) is 1. The lowest BCUT2D eigenvalue weighted by molar-refractivity contribution is -0.0336. The van der Waals surface area contributed by atoms with Gasteiger partial charge in [-0.3, -0.25) is 0 Å². The van der Waals surface area contributed by atoms with Crippen molar-refractivity contribution in [2.24, 2.45) is 5.41 Å². The third-order valence-electron chi connectivity index (χ3n) is 4.09. The average molecular weight is 283 g/mol. The van der Waals surface area contributed by atoms with Crippen molar-refractivity contribution in [2.75, 3.05) is 7.11 Å². The van der Waals surface area contributed by atoms with Crippen molar-refractivity contribution in [3.8, 4) is 17.9 Å². The average Bonchev–Trinajstić information content (AvgIpc) is 2.44. The molecule has 0 unspecified atom stereocenters. The van der Waals surface area contributed by atoms with Gasteiger partial charge in [-0.2, -0.15) is 5.26 Å². The van der Waals surface area contributed by atoms with Gasteiger partial charge in [0, 0.05) is 5.56 Å². The second kappa shape index (κ2) is 5.60. The van der Waals surface area contributed by atoms with Crippen molar-refractivity contribution >= 4 is 5.97 Å². The predicted molar refractivity (Wildman–Crippen MR) is 77.2 cm³/mol. The van der Waals surface area contributed by atoms with Crippen LogP contribution in [0.3, 0.4) is 0 Å². The Morgan fingerprint density at radius 2 is 2.19 bits per heavy atom. The first-order valence-corrected chi connectivity index (χ1v) is 6.79. The largest absolute Gasteiger partial charge is 0.465 e. The van der Waals surface area contributed by atoms with Gasteiger partial charge in [0.1, 0.15) is 5.60 Å². The van der Waals surface area contributed by atoms with E-state index in [1.165, 1.54) is 7.11 Å². The number of rotatable bonds is 2. The van der Waals surface area contributed by atoms with E-state index in [1.807, 2.05) is 0 Å². The van der Waals surface area contributed by atoms with Crippen LogP contribution in [0.4, 0.5) is 0 Å². The highest BCUT2D eigenvalue weighted by atomic mass is 16.5. The van der Waals surface area contributed by atoms with Crippen LogP contribution in [0, 0.1) is 28.6 Å². The first-order valence-electron chi connectivity index (χ1n) is 6.79. The highest BCUT2D eigenvalue weighted by Crippen LogP contribution is 2.48. The fourth-order valence-corrected chi connectivity index (χ4v) is 2.39. The topological polar surface area (TPSA) is 70.3 Å². The van der Waals surface area contributed by atoms with Gasteiger partial charge in [0.15, 0.2) is 0 Å². The van der Waals surface area contributed by atoms with E-state index in [0.29, 0.717) is 24.0 Å². The molecule has 0 amide bonds. The summed E-state index contributed by atoms with van der Waals surface area (Å²) in [5.41, 5.74) is -1.13. The first-order chi connectivity index (χ1) is 9.94. The van der Waals surface area contributed by atoms with Crippen molar-refractivity contribution < 1.29 is 14.6 Å². The van der Waals surface area contributed by atoms with Gasteiger partial charge in [-0.1, -0.05) is 17.9 Å². The van der Waals surface area contributed by atoms with Crippen LogP contribution < -0.4 is 0 Å². The number of nitriles is 1. The number of aliphatic hydroxyl groups is 1. The van der Waals surface area contributed by atoms with Crippen LogP contribution in [0.5, 0.6) is 0 Å². The van der Waals surface area contributed by atoms with Crippen LogP contribution in [0.2, 0.25) is 0 Å². The molecule has 1 aliphatic carbocycles. The molecular formula is C17H17NO3. The van der Waals surface area contributed by atoms with E-state index >= 15 is 0 Å². The van der Waals surface area contributed by atoms with Gasteiger partial charge in [-0.25, -0.2) is 4.79 Å². The number of hydrogen-bond acceptors (Lipinski definition) is 4. The quantitative estimate of drug-likeness (QED) is 0.667. The SMILES string of the molecule is COC(=O)c1cccc(C#C[C@](C)(O)C2(C#N)CCC2)c1. The second-order valence-electron chi connectivity index (χ2n) is 5.44. The number of carbonyl (C=O) groups is 1. The molecule has 21 heavy (non-hydrogen) atoms. The molecule has 1 aliphatic rings. The van der Waals surface area contributed by atoms with Crippen molar-refractivity contribution in [1.82, 2.24) is 0 Å². The van der Waals surface area contributed by atoms with Gasteiger partial charge in [0.25, 0.3) is 0 Å². The maximum atomic E-state index is 11.5. The Bertz CT molecular complexity index is 655. The second-order valence-corrected chi connectivity index (χ2v) is 5.44. The molecule has 1 aromatic rings. The number of ether oxygens (including phenoxy) is 1. The Balaban J connectivity index is 2.27. The molecule has 0 saturated heterocycles. The van der Waals surface area contributed by atoms with Gasteiger partial charge in [-0.15, -0.1) is 0 Å². The molecule has 0 aliphatic heterocycles. The summed E-state index contributed by atoms with van der Waals surface area (Å²) in [6.07, 6.45) is 2.25. The summed E-state index contributed by atoms with van der Waals surface area (Å²) >= 11 is 0. The Hall–Kier alpha value is -2.30. The lowest BCUT2D eigenvalue weighted by Crippen LogP contribution is -2.48. The normalized spacial score (nSPS) is 18.2. The zero-order chi connectivity index (χ0) is 15.5. The van der Waals surface area contributed by atoms with Gasteiger partial charge in [0.2, 0.25) is 0 Å². The monoisotopic (exact) mass is 283 g/mol. The molecule has 2 rings (SSSR count). The molecule has 0 heterocycles. The van der Waals surface area contributed by atoms with E-state index in [9.17, 15) is 15.2 Å². The Labute approximate surface area is 124 Å². The number of esters is 1. The van der Waals surface area contributed by atoms with Crippen LogP contribution in [0.25, 0.3) is 0 Å². The van der Waals surface area contributed by atoms with Crippen molar-refractivity contribution in [1.29, 1.82) is 5.26 Å². The third kappa shape index (κ3) is 2.77. The summed E-state index contributed by atoms with van der Waals surface area (Å²) in [6, 6.07) is 8.89. The number of carbonyl (C=O) groups excluding carboxylic acids is 1. The molecular weight excluding hydrogens is 266 g/mol. The standard InChI is InChI=1S/C17H17NO3/c1-16(20,17(12-18)8-4-9-17)10-7-13-5-3-6-14(11-13)15(19)21-2/h3,5-6,11,20H,4,8-9H2,1-2H3/t16-/m0/s1. The maximum absolute atomic E-state index is 11.5. The Kier molecular flexibility index (Phi) is 4.02. The van der Waals surface area contributed by atoms with E-state index in [0.717, 1.165) is 6.42 Å². The lowest BCUT2D eigenvalue weighted by Gasteiger charge is -2.43. The summed E-state index contributed by atoms with van der Waals surface area (Å²) in [5.74, 6) is 5.21. The molecule has 0 aromatic heterocycles. The number of benzene rings is 1. The molecule has 0 bridgehead atoms. The Morgan fingerprint density at radius 3 is 2.71 bits per heavy atom. The van der Waals surface area contributed by atoms with Crippen LogP contribution in [0.1, 0.15) is 42.1 Å². The molecule has 0 radical (unpaired) electrons. The smallest absolute Gasteiger partial charge is 0.337 e. The van der Waals surface area contributed by atoms with Crippen molar-refractivity contribution in [3.05, 3.63) is 35.4 Å². The van der Waals surface area contributed by atoms with E-state index in [1.54, 1.807) is 31.2 Å². The van der Waals surface area contributed by atoms with Crippen LogP contribution in [-0.4, -0.2) is 23.8 Å². The van der Waals surface area contributed by atoms with E-state index in [-0.39, 0.29) is 0 Å². The Morgan fingerprint density at radius 1 is 1.48 bits per heavy atom. The summed E-state index contributed by atoms with van der Waals surface area (Å²) in [4.78, 5) is 11.5. The molecule has 1 saturated carbocycles. The van der Waals surface area contributed by atoms with Crippen molar-refractivity contribution in [2.45, 2.75) is 31.8 Å². The van der Waals surface area contributed by atoms with Crippen LogP contribution in [-0.2, 0) is 4.74 Å². The third-order valence-corrected chi connectivity index (χ3v) is 4.09. The summed E-state index contributed by atoms with van der Waals surface area (Å²) < 4.78 is 4.66. The van der Waals surface area contributed by atoms with Gasteiger partial charge < -0.3 is 9.84 Å². The minimum atomic E-state index is -1.36. The van der Waals surface area contributed by atoms with E-state index in [4.69, 9.17) is 0 Å². The summed E-state index contributed by atoms with van der Waals surface area (Å²) in [5, 5.41) is 19.8.